The van der Waals surface area contributed by atoms with Gasteiger partial charge in [0.2, 0.25) is 23.6 Å². The predicted molar refractivity (Wildman–Crippen MR) is 297 cm³/mol. The number of imide groups is 1. The fraction of sp³-hybridized carbons (Fsp3) is 0.603. The summed E-state index contributed by atoms with van der Waals surface area (Å²) in [5.74, 6) is -4.21. The van der Waals surface area contributed by atoms with Crippen LogP contribution in [-0.2, 0) is 101 Å². The molecule has 4 aliphatic rings. The summed E-state index contributed by atoms with van der Waals surface area (Å²) in [6, 6.07) is 0.296. The number of hydrogen-bond donors (Lipinski definition) is 5. The molecule has 4 atom stereocenters. The lowest BCUT2D eigenvalue weighted by Gasteiger charge is -2.31. The number of carbonyl (C=O) groups excluding carboxylic acids is 7. The lowest BCUT2D eigenvalue weighted by molar-refractivity contribution is -0.172. The molecule has 6 amide bonds. The Bertz CT molecular complexity index is 2940. The number of cyclic esters (lactones) is 1. The molecule has 5 N–H and O–H groups in total. The first-order chi connectivity index (χ1) is 40.4. The molecule has 84 heavy (non-hydrogen) atoms. The number of amides is 6. The van der Waals surface area contributed by atoms with Gasteiger partial charge in [0.05, 0.1) is 141 Å². The number of benzene rings is 1. The summed E-state index contributed by atoms with van der Waals surface area (Å²) in [6.45, 7) is 14.0. The minimum Gasteiger partial charge on any atom is -0.458 e. The number of fused-ring (bicyclic) bond motifs is 5. The van der Waals surface area contributed by atoms with Crippen LogP contribution in [0.5, 0.6) is 0 Å². The van der Waals surface area contributed by atoms with Crippen molar-refractivity contribution in [3.05, 3.63) is 73.8 Å². The predicted octanol–water partition coefficient (Wildman–Crippen LogP) is 1.23. The Kier molecular flexibility index (Phi) is 24.3. The SMILES string of the molecule is CC[C@@]1(O)C(=O)OCc2c1cc1n(c2=O)Cc2c-1nc1cc(F)c(C)c3c1c2[C@@H](NC(=O)C(C)NC(=O)C(NC(=O)CCOCCOCCOCCOCCOCCOCCOCCOCCNC(=O)CCN1C(=O)C=CC1=O)C(C)C)CC3. The van der Waals surface area contributed by atoms with Crippen LogP contribution < -0.4 is 26.8 Å². The van der Waals surface area contributed by atoms with Crippen molar-refractivity contribution in [2.24, 2.45) is 5.92 Å². The molecule has 5 heterocycles. The average molecular weight is 1180 g/mol. The van der Waals surface area contributed by atoms with E-state index in [1.54, 1.807) is 40.7 Å². The van der Waals surface area contributed by atoms with Crippen LogP contribution in [0.3, 0.4) is 0 Å². The third-order valence-corrected chi connectivity index (χ3v) is 14.8. The zero-order valence-electron chi connectivity index (χ0n) is 48.4. The quantitative estimate of drug-likeness (QED) is 0.0241. The van der Waals surface area contributed by atoms with E-state index in [0.717, 1.165) is 10.5 Å². The highest BCUT2D eigenvalue weighted by Crippen LogP contribution is 2.46. The Hall–Kier alpha value is -6.62. The summed E-state index contributed by atoms with van der Waals surface area (Å²) in [5.41, 5.74) is 1.35. The number of nitrogens with one attached hydrogen (secondary N) is 4. The minimum atomic E-state index is -2.04. The van der Waals surface area contributed by atoms with Crippen LogP contribution >= 0.6 is 0 Å². The van der Waals surface area contributed by atoms with Crippen molar-refractivity contribution in [3.8, 4) is 11.4 Å². The van der Waals surface area contributed by atoms with Gasteiger partial charge in [0, 0.05) is 60.7 Å². The molecular weight excluding hydrogens is 1100 g/mol. The molecule has 0 bridgehead atoms. The van der Waals surface area contributed by atoms with Gasteiger partial charge in [0.15, 0.2) is 5.60 Å². The van der Waals surface area contributed by atoms with Crippen LogP contribution in [0, 0.1) is 18.7 Å². The van der Waals surface area contributed by atoms with Crippen LogP contribution in [0.15, 0.2) is 29.1 Å². The maximum absolute atomic E-state index is 15.4. The Morgan fingerprint density at radius 1 is 0.738 bits per heavy atom. The Labute approximate surface area is 485 Å². The second kappa shape index (κ2) is 31.5. The number of ether oxygens (including phenoxy) is 9. The number of esters is 1. The van der Waals surface area contributed by atoms with Gasteiger partial charge in [-0.05, 0) is 61.8 Å². The van der Waals surface area contributed by atoms with Gasteiger partial charge in [-0.3, -0.25) is 38.5 Å². The van der Waals surface area contributed by atoms with Gasteiger partial charge in [-0.15, -0.1) is 0 Å². The van der Waals surface area contributed by atoms with Crippen LogP contribution in [0.2, 0.25) is 0 Å². The standard InChI is InChI=1S/C58H78FN7O18/c1-6-58(75)41-31-45-53-39(33-66(45)56(73)40(41)34-84-57(58)74)51-43(8-7-38-36(4)42(59)32-44(62-53)50(38)51)63-54(71)37(5)61-55(72)52(35(2)3)64-47(68)12-15-76-17-19-78-21-23-80-25-27-82-29-30-83-28-26-81-24-22-79-20-18-77-16-13-60-46(67)11-14-65-48(69)9-10-49(65)70/h9-10,31-32,35,37,43,52,75H,6-8,11-30,33-34H2,1-5H3,(H,60,67)(H,61,72)(H,63,71)(H,64,68)/t37?,43-,52?,58-/m0/s1. The monoisotopic (exact) mass is 1180 g/mol. The van der Waals surface area contributed by atoms with Gasteiger partial charge in [0.1, 0.15) is 24.5 Å². The van der Waals surface area contributed by atoms with Gasteiger partial charge in [0.25, 0.3) is 17.4 Å². The first kappa shape index (κ1) is 64.9. The van der Waals surface area contributed by atoms with Gasteiger partial charge < -0.3 is 73.6 Å². The molecule has 0 saturated carbocycles. The first-order valence-corrected chi connectivity index (χ1v) is 28.6. The number of aliphatic hydroxyl groups is 1. The van der Waals surface area contributed by atoms with E-state index in [2.05, 4.69) is 21.3 Å². The van der Waals surface area contributed by atoms with E-state index in [1.807, 2.05) is 0 Å². The van der Waals surface area contributed by atoms with E-state index in [9.17, 15) is 43.5 Å². The number of carbonyl (C=O) groups is 7. The van der Waals surface area contributed by atoms with Crippen molar-refractivity contribution in [2.45, 2.75) is 104 Å². The Morgan fingerprint density at radius 2 is 1.30 bits per heavy atom. The molecule has 26 heteroatoms. The first-order valence-electron chi connectivity index (χ1n) is 28.6. The second-order valence-corrected chi connectivity index (χ2v) is 20.8. The van der Waals surface area contributed by atoms with Crippen molar-refractivity contribution in [3.63, 3.8) is 0 Å². The lowest BCUT2D eigenvalue weighted by atomic mass is 9.81. The summed E-state index contributed by atoms with van der Waals surface area (Å²) in [6.07, 6.45) is 3.13. The number of nitrogens with zero attached hydrogens (tertiary/aromatic N) is 3. The van der Waals surface area contributed by atoms with Gasteiger partial charge in [-0.1, -0.05) is 20.8 Å². The zero-order valence-corrected chi connectivity index (χ0v) is 48.4. The second-order valence-electron chi connectivity index (χ2n) is 20.8. The molecule has 2 unspecified atom stereocenters. The fourth-order valence-electron chi connectivity index (χ4n) is 10.2. The molecule has 0 saturated heterocycles. The van der Waals surface area contributed by atoms with Crippen LogP contribution in [-0.4, -0.2) is 192 Å². The Balaban J connectivity index is 0.701. The fourth-order valence-corrected chi connectivity index (χ4v) is 10.2. The number of rotatable bonds is 37. The van der Waals surface area contributed by atoms with E-state index in [4.69, 9.17) is 47.6 Å². The van der Waals surface area contributed by atoms with Gasteiger partial charge in [-0.2, -0.15) is 0 Å². The van der Waals surface area contributed by atoms with Gasteiger partial charge in [-0.25, -0.2) is 14.2 Å². The molecular formula is C58H78FN7O18. The van der Waals surface area contributed by atoms with Crippen LogP contribution in [0.4, 0.5) is 4.39 Å². The molecule has 0 spiro atoms. The topological polar surface area (TPSA) is 309 Å². The molecule has 7 rings (SSSR count). The van der Waals surface area contributed by atoms with Crippen molar-refractivity contribution >= 4 is 52.3 Å². The molecule has 460 valence electrons. The summed E-state index contributed by atoms with van der Waals surface area (Å²) >= 11 is 0. The average Bonchev–Trinajstić information content (AvgIpc) is 1.51. The molecule has 1 aromatic carbocycles. The number of hydrogen-bond acceptors (Lipinski definition) is 19. The summed E-state index contributed by atoms with van der Waals surface area (Å²) in [7, 11) is 0. The van der Waals surface area contributed by atoms with Crippen molar-refractivity contribution in [1.82, 2.24) is 35.7 Å². The van der Waals surface area contributed by atoms with Crippen LogP contribution in [0.25, 0.3) is 22.3 Å². The smallest absolute Gasteiger partial charge is 0.343 e. The number of aromatic nitrogens is 2. The zero-order chi connectivity index (χ0) is 60.3. The van der Waals surface area contributed by atoms with E-state index in [-0.39, 0.29) is 81.7 Å². The molecule has 1 aliphatic carbocycles. The molecule has 2 aromatic heterocycles. The van der Waals surface area contributed by atoms with E-state index < -0.39 is 70.6 Å². The highest BCUT2D eigenvalue weighted by atomic mass is 19.1. The summed E-state index contributed by atoms with van der Waals surface area (Å²) in [4.78, 5) is 108. The van der Waals surface area contributed by atoms with E-state index in [0.29, 0.717) is 144 Å². The van der Waals surface area contributed by atoms with Crippen molar-refractivity contribution in [2.75, 3.05) is 119 Å². The largest absolute Gasteiger partial charge is 0.458 e. The highest BCUT2D eigenvalue weighted by Gasteiger charge is 2.46. The molecule has 0 radical (unpaired) electrons. The third-order valence-electron chi connectivity index (χ3n) is 14.8. The maximum atomic E-state index is 15.4. The molecule has 3 aromatic rings. The highest BCUT2D eigenvalue weighted by molar-refractivity contribution is 6.13. The number of aryl methyl sites for hydroxylation is 1. The summed E-state index contributed by atoms with van der Waals surface area (Å²) in [5, 5.41) is 23.4. The minimum absolute atomic E-state index is 0.0184. The van der Waals surface area contributed by atoms with Crippen molar-refractivity contribution in [1.29, 1.82) is 0 Å². The number of pyridine rings is 2. The Morgan fingerprint density at radius 3 is 1.86 bits per heavy atom. The normalized spacial score (nSPS) is 17.5. The van der Waals surface area contributed by atoms with Crippen molar-refractivity contribution < 1.29 is 85.7 Å². The number of halogens is 1. The van der Waals surface area contributed by atoms with Gasteiger partial charge >= 0.3 is 5.97 Å². The lowest BCUT2D eigenvalue weighted by Crippen LogP contribution is -2.55. The summed E-state index contributed by atoms with van der Waals surface area (Å²) < 4.78 is 66.2. The molecule has 3 aliphatic heterocycles. The van der Waals surface area contributed by atoms with Crippen LogP contribution in [0.1, 0.15) is 92.8 Å². The van der Waals surface area contributed by atoms with E-state index >= 15 is 4.39 Å². The molecule has 25 nitrogen and oxygen atoms in total. The van der Waals surface area contributed by atoms with E-state index in [1.165, 1.54) is 22.8 Å². The maximum Gasteiger partial charge on any atom is 0.343 e. The molecule has 0 fully saturated rings. The third kappa shape index (κ3) is 16.6.